The standard InChI is InChI=1S/C15H17ClO/c16-15(14-11-2-1-3-12(11)14)10-4-5-13-9(8-10)6-7-17-13/h4-5,8,11-12,14-15H,1-3,6-7H2. The Morgan fingerprint density at radius 2 is 2.06 bits per heavy atom. The Bertz CT molecular complexity index is 446. The smallest absolute Gasteiger partial charge is 0.122 e. The highest BCUT2D eigenvalue weighted by molar-refractivity contribution is 6.21. The monoisotopic (exact) mass is 248 g/mol. The van der Waals surface area contributed by atoms with Crippen LogP contribution in [-0.2, 0) is 6.42 Å². The average molecular weight is 249 g/mol. The molecule has 2 fully saturated rings. The van der Waals surface area contributed by atoms with Gasteiger partial charge in [-0.3, -0.25) is 0 Å². The summed E-state index contributed by atoms with van der Waals surface area (Å²) >= 11 is 6.67. The molecule has 3 aliphatic rings. The number of hydrogen-bond acceptors (Lipinski definition) is 1. The molecule has 0 amide bonds. The Morgan fingerprint density at radius 1 is 1.24 bits per heavy atom. The second kappa shape index (κ2) is 3.65. The molecule has 0 radical (unpaired) electrons. The third kappa shape index (κ3) is 1.52. The summed E-state index contributed by atoms with van der Waals surface area (Å²) in [6.45, 7) is 0.834. The second-order valence-electron chi connectivity index (χ2n) is 5.70. The van der Waals surface area contributed by atoms with Crippen LogP contribution in [0.15, 0.2) is 18.2 Å². The van der Waals surface area contributed by atoms with Gasteiger partial charge >= 0.3 is 0 Å². The molecule has 1 aromatic rings. The van der Waals surface area contributed by atoms with Gasteiger partial charge in [-0.25, -0.2) is 0 Å². The average Bonchev–Trinajstić information content (AvgIpc) is 2.75. The van der Waals surface area contributed by atoms with Gasteiger partial charge in [0.15, 0.2) is 0 Å². The van der Waals surface area contributed by atoms with Gasteiger partial charge in [-0.1, -0.05) is 18.6 Å². The van der Waals surface area contributed by atoms with Crippen LogP contribution in [0.5, 0.6) is 5.75 Å². The molecule has 90 valence electrons. The zero-order valence-electron chi connectivity index (χ0n) is 9.86. The lowest BCUT2D eigenvalue weighted by Crippen LogP contribution is -1.99. The van der Waals surface area contributed by atoms with Crippen LogP contribution in [0.3, 0.4) is 0 Å². The fourth-order valence-corrected chi connectivity index (χ4v) is 4.42. The van der Waals surface area contributed by atoms with Crippen LogP contribution in [0.25, 0.3) is 0 Å². The lowest BCUT2D eigenvalue weighted by Gasteiger charge is -2.13. The van der Waals surface area contributed by atoms with Gasteiger partial charge in [-0.05, 0) is 47.8 Å². The van der Waals surface area contributed by atoms with Crippen molar-refractivity contribution in [2.24, 2.45) is 17.8 Å². The lowest BCUT2D eigenvalue weighted by atomic mass is 10.00. The Labute approximate surface area is 107 Å². The molecule has 1 nitrogen and oxygen atoms in total. The van der Waals surface area contributed by atoms with E-state index in [-0.39, 0.29) is 5.38 Å². The minimum atomic E-state index is 0.233. The maximum absolute atomic E-state index is 6.67. The molecule has 3 atom stereocenters. The van der Waals surface area contributed by atoms with Crippen molar-refractivity contribution in [3.05, 3.63) is 29.3 Å². The van der Waals surface area contributed by atoms with Crippen molar-refractivity contribution >= 4 is 11.6 Å². The molecule has 4 rings (SSSR count). The molecule has 1 aliphatic heterocycles. The van der Waals surface area contributed by atoms with Crippen molar-refractivity contribution in [1.29, 1.82) is 0 Å². The fourth-order valence-electron chi connectivity index (χ4n) is 3.91. The van der Waals surface area contributed by atoms with Gasteiger partial charge < -0.3 is 4.74 Å². The van der Waals surface area contributed by atoms with E-state index in [1.54, 1.807) is 0 Å². The van der Waals surface area contributed by atoms with E-state index in [9.17, 15) is 0 Å². The van der Waals surface area contributed by atoms with Gasteiger partial charge in [-0.2, -0.15) is 0 Å². The van der Waals surface area contributed by atoms with Crippen molar-refractivity contribution in [2.75, 3.05) is 6.61 Å². The van der Waals surface area contributed by atoms with E-state index in [2.05, 4.69) is 18.2 Å². The second-order valence-corrected chi connectivity index (χ2v) is 6.17. The highest BCUT2D eigenvalue weighted by atomic mass is 35.5. The van der Waals surface area contributed by atoms with E-state index in [4.69, 9.17) is 16.3 Å². The van der Waals surface area contributed by atoms with Gasteiger partial charge in [0, 0.05) is 6.42 Å². The molecule has 0 saturated heterocycles. The van der Waals surface area contributed by atoms with Crippen molar-refractivity contribution in [3.8, 4) is 5.75 Å². The van der Waals surface area contributed by atoms with E-state index in [0.29, 0.717) is 0 Å². The minimum Gasteiger partial charge on any atom is -0.493 e. The summed E-state index contributed by atoms with van der Waals surface area (Å²) in [5, 5.41) is 0.233. The van der Waals surface area contributed by atoms with E-state index >= 15 is 0 Å². The number of fused-ring (bicyclic) bond motifs is 2. The molecule has 3 unspecified atom stereocenters. The topological polar surface area (TPSA) is 9.23 Å². The first-order valence-corrected chi connectivity index (χ1v) is 7.18. The molecular weight excluding hydrogens is 232 g/mol. The van der Waals surface area contributed by atoms with Crippen LogP contribution >= 0.6 is 11.6 Å². The van der Waals surface area contributed by atoms with E-state index in [1.165, 1.54) is 30.4 Å². The highest BCUT2D eigenvalue weighted by Crippen LogP contribution is 2.63. The number of benzene rings is 1. The van der Waals surface area contributed by atoms with E-state index in [0.717, 1.165) is 36.5 Å². The first-order chi connectivity index (χ1) is 8.34. The van der Waals surface area contributed by atoms with Crippen molar-refractivity contribution < 1.29 is 4.74 Å². The van der Waals surface area contributed by atoms with Crippen LogP contribution in [0, 0.1) is 17.8 Å². The number of hydrogen-bond donors (Lipinski definition) is 0. The van der Waals surface area contributed by atoms with Crippen molar-refractivity contribution in [3.63, 3.8) is 0 Å². The number of ether oxygens (including phenoxy) is 1. The first kappa shape index (κ1) is 10.3. The summed E-state index contributed by atoms with van der Waals surface area (Å²) in [5.41, 5.74) is 2.66. The molecule has 0 spiro atoms. The predicted octanol–water partition coefficient (Wildman–Crippen LogP) is 3.95. The quantitative estimate of drug-likeness (QED) is 0.721. The molecule has 2 saturated carbocycles. The third-order valence-electron chi connectivity index (χ3n) is 4.84. The number of rotatable bonds is 2. The van der Waals surface area contributed by atoms with E-state index in [1.807, 2.05) is 0 Å². The molecule has 1 heterocycles. The highest BCUT2D eigenvalue weighted by Gasteiger charge is 2.55. The van der Waals surface area contributed by atoms with Crippen LogP contribution in [0.1, 0.15) is 35.8 Å². The number of halogens is 1. The normalized spacial score (nSPS) is 35.0. The molecule has 17 heavy (non-hydrogen) atoms. The molecule has 2 aliphatic carbocycles. The van der Waals surface area contributed by atoms with Gasteiger partial charge in [0.05, 0.1) is 12.0 Å². The van der Waals surface area contributed by atoms with Crippen molar-refractivity contribution in [1.82, 2.24) is 0 Å². The van der Waals surface area contributed by atoms with Gasteiger partial charge in [0.1, 0.15) is 5.75 Å². The van der Waals surface area contributed by atoms with Crippen LogP contribution in [0.2, 0.25) is 0 Å². The van der Waals surface area contributed by atoms with Gasteiger partial charge in [-0.15, -0.1) is 11.6 Å². The zero-order chi connectivity index (χ0) is 11.4. The first-order valence-electron chi connectivity index (χ1n) is 6.74. The predicted molar refractivity (Wildman–Crippen MR) is 68.6 cm³/mol. The van der Waals surface area contributed by atoms with Crippen LogP contribution in [0.4, 0.5) is 0 Å². The minimum absolute atomic E-state index is 0.233. The summed E-state index contributed by atoms with van der Waals surface area (Å²) in [6.07, 6.45) is 5.29. The molecular formula is C15H17ClO. The zero-order valence-corrected chi connectivity index (χ0v) is 10.6. The van der Waals surface area contributed by atoms with Gasteiger partial charge in [0.2, 0.25) is 0 Å². The van der Waals surface area contributed by atoms with Crippen molar-refractivity contribution in [2.45, 2.75) is 31.1 Å². The molecule has 0 bridgehead atoms. The Morgan fingerprint density at radius 3 is 2.88 bits per heavy atom. The summed E-state index contributed by atoms with van der Waals surface area (Å²) in [6, 6.07) is 6.54. The SMILES string of the molecule is ClC(c1ccc2c(c1)CCO2)C1C2CCCC21. The maximum Gasteiger partial charge on any atom is 0.122 e. The maximum atomic E-state index is 6.67. The largest absolute Gasteiger partial charge is 0.493 e. The fraction of sp³-hybridized carbons (Fsp3) is 0.600. The summed E-state index contributed by atoms with van der Waals surface area (Å²) in [4.78, 5) is 0. The van der Waals surface area contributed by atoms with E-state index < -0.39 is 0 Å². The number of alkyl halides is 1. The molecule has 2 heteroatoms. The van der Waals surface area contributed by atoms with Crippen LogP contribution < -0.4 is 4.74 Å². The van der Waals surface area contributed by atoms with Gasteiger partial charge in [0.25, 0.3) is 0 Å². The Balaban J connectivity index is 1.58. The Kier molecular flexibility index (Phi) is 2.20. The Hall–Kier alpha value is -0.690. The summed E-state index contributed by atoms with van der Waals surface area (Å²) in [5.74, 6) is 3.68. The summed E-state index contributed by atoms with van der Waals surface area (Å²) < 4.78 is 5.54. The molecule has 0 N–H and O–H groups in total. The summed E-state index contributed by atoms with van der Waals surface area (Å²) in [7, 11) is 0. The third-order valence-corrected chi connectivity index (χ3v) is 5.39. The molecule has 1 aromatic carbocycles. The molecule has 0 aromatic heterocycles. The van der Waals surface area contributed by atoms with Crippen LogP contribution in [-0.4, -0.2) is 6.61 Å². The lowest BCUT2D eigenvalue weighted by molar-refractivity contribution is 0.357.